The SMILES string of the molecule is Cc1c(CSSc2nccc(N)n2)c(C)c(CSSc2nccc(N)n2)c(C)c1CSSc1nccc(N)n1. The van der Waals surface area contributed by atoms with Crippen LogP contribution in [0.4, 0.5) is 17.5 Å². The highest BCUT2D eigenvalue weighted by atomic mass is 33.1. The monoisotopic (exact) mass is 633 g/mol. The molecule has 3 aromatic heterocycles. The first-order chi connectivity index (χ1) is 18.8. The van der Waals surface area contributed by atoms with Gasteiger partial charge >= 0.3 is 0 Å². The highest BCUT2D eigenvalue weighted by Crippen LogP contribution is 2.41. The van der Waals surface area contributed by atoms with E-state index in [0.717, 1.165) is 17.3 Å². The Kier molecular flexibility index (Phi) is 11.2. The molecule has 0 spiro atoms. The van der Waals surface area contributed by atoms with E-state index in [1.54, 1.807) is 69.2 Å². The average molecular weight is 634 g/mol. The van der Waals surface area contributed by atoms with Crippen molar-refractivity contribution in [3.8, 4) is 0 Å². The van der Waals surface area contributed by atoms with Crippen LogP contribution in [0.5, 0.6) is 0 Å². The largest absolute Gasteiger partial charge is 0.384 e. The molecule has 0 bridgehead atoms. The van der Waals surface area contributed by atoms with Crippen LogP contribution >= 0.6 is 64.8 Å². The van der Waals surface area contributed by atoms with Gasteiger partial charge in [0.15, 0.2) is 15.5 Å². The lowest BCUT2D eigenvalue weighted by molar-refractivity contribution is 0.982. The number of rotatable bonds is 12. The average Bonchev–Trinajstić information content (AvgIpc) is 2.90. The molecule has 9 nitrogen and oxygen atoms in total. The Hall–Kier alpha value is -2.04. The fourth-order valence-electron chi connectivity index (χ4n) is 3.65. The van der Waals surface area contributed by atoms with Gasteiger partial charge in [-0.05, 0) is 105 Å². The molecule has 39 heavy (non-hydrogen) atoms. The molecule has 4 rings (SSSR count). The molecule has 204 valence electrons. The van der Waals surface area contributed by atoms with E-state index in [9.17, 15) is 0 Å². The summed E-state index contributed by atoms with van der Waals surface area (Å²) in [5.74, 6) is 3.85. The van der Waals surface area contributed by atoms with Crippen LogP contribution in [0.3, 0.4) is 0 Å². The summed E-state index contributed by atoms with van der Waals surface area (Å²) in [7, 11) is 9.73. The van der Waals surface area contributed by atoms with Crippen molar-refractivity contribution in [2.24, 2.45) is 0 Å². The molecule has 0 aliphatic rings. The summed E-state index contributed by atoms with van der Waals surface area (Å²) in [6, 6.07) is 5.07. The molecule has 0 radical (unpaired) electrons. The minimum Gasteiger partial charge on any atom is -0.384 e. The second-order valence-corrected chi connectivity index (χ2v) is 14.9. The zero-order valence-electron chi connectivity index (χ0n) is 21.5. The standard InChI is InChI=1S/C24H27N9S6/c1-13-16(10-34-37-22-28-7-4-19(25)31-22)14(2)18(12-36-39-24-30-9-6-21(27)33-24)15(3)17(13)11-35-38-23-29-8-5-20(26)32-23/h4-9H,10-12H2,1-3H3,(H2,25,28,31)(H2,26,29,32)(H2,27,30,33). The summed E-state index contributed by atoms with van der Waals surface area (Å²) in [5, 5.41) is 1.98. The van der Waals surface area contributed by atoms with Crippen molar-refractivity contribution in [2.75, 3.05) is 17.2 Å². The van der Waals surface area contributed by atoms with Gasteiger partial charge in [-0.25, -0.2) is 29.9 Å². The van der Waals surface area contributed by atoms with Crippen LogP contribution < -0.4 is 17.2 Å². The van der Waals surface area contributed by atoms with Crippen LogP contribution in [0, 0.1) is 20.8 Å². The molecule has 0 saturated carbocycles. The van der Waals surface area contributed by atoms with Crippen molar-refractivity contribution in [1.82, 2.24) is 29.9 Å². The summed E-state index contributed by atoms with van der Waals surface area (Å²) in [6.07, 6.45) is 5.05. The Bertz CT molecular complexity index is 1250. The zero-order chi connectivity index (χ0) is 27.8. The van der Waals surface area contributed by atoms with Crippen LogP contribution in [-0.4, -0.2) is 29.9 Å². The van der Waals surface area contributed by atoms with E-state index in [1.165, 1.54) is 65.8 Å². The number of anilines is 3. The summed E-state index contributed by atoms with van der Waals surface area (Å²) >= 11 is 0. The van der Waals surface area contributed by atoms with Gasteiger partial charge in [0.05, 0.1) is 0 Å². The minimum absolute atomic E-state index is 0.470. The van der Waals surface area contributed by atoms with E-state index >= 15 is 0 Å². The topological polar surface area (TPSA) is 155 Å². The molecule has 0 aliphatic carbocycles. The van der Waals surface area contributed by atoms with Crippen molar-refractivity contribution < 1.29 is 0 Å². The Morgan fingerprint density at radius 2 is 0.795 bits per heavy atom. The van der Waals surface area contributed by atoms with Crippen LogP contribution in [0.15, 0.2) is 52.3 Å². The molecule has 0 unspecified atom stereocenters. The number of benzene rings is 1. The maximum Gasteiger partial charge on any atom is 0.200 e. The molecule has 3 heterocycles. The highest BCUT2D eigenvalue weighted by molar-refractivity contribution is 8.76. The molecular weight excluding hydrogens is 607 g/mol. The van der Waals surface area contributed by atoms with Gasteiger partial charge in [0, 0.05) is 35.8 Å². The minimum atomic E-state index is 0.470. The Morgan fingerprint density at radius 3 is 1.05 bits per heavy atom. The Labute approximate surface area is 251 Å². The van der Waals surface area contributed by atoms with Crippen molar-refractivity contribution >= 4 is 82.2 Å². The first-order valence-electron chi connectivity index (χ1n) is 11.6. The summed E-state index contributed by atoms with van der Waals surface area (Å²) in [4.78, 5) is 25.9. The van der Waals surface area contributed by atoms with E-state index in [0.29, 0.717) is 32.9 Å². The summed E-state index contributed by atoms with van der Waals surface area (Å²) in [6.45, 7) is 6.63. The van der Waals surface area contributed by atoms with Gasteiger partial charge in [0.1, 0.15) is 17.5 Å². The van der Waals surface area contributed by atoms with Crippen molar-refractivity contribution in [3.63, 3.8) is 0 Å². The third-order valence-corrected chi connectivity index (χ3v) is 11.8. The molecule has 15 heteroatoms. The Balaban J connectivity index is 1.54. The molecule has 0 saturated heterocycles. The molecule has 6 N–H and O–H groups in total. The second kappa shape index (κ2) is 14.6. The number of hydrogen-bond acceptors (Lipinski definition) is 15. The van der Waals surface area contributed by atoms with E-state index < -0.39 is 0 Å². The lowest BCUT2D eigenvalue weighted by Crippen LogP contribution is -2.06. The highest BCUT2D eigenvalue weighted by Gasteiger charge is 2.18. The maximum absolute atomic E-state index is 5.83. The Morgan fingerprint density at radius 1 is 0.513 bits per heavy atom. The van der Waals surface area contributed by atoms with E-state index in [2.05, 4.69) is 50.7 Å². The van der Waals surface area contributed by atoms with E-state index in [4.69, 9.17) is 17.2 Å². The molecular formula is C24H27N9S6. The van der Waals surface area contributed by atoms with Crippen LogP contribution in [0.1, 0.15) is 33.4 Å². The number of nitrogens with zero attached hydrogens (tertiary/aromatic N) is 6. The molecule has 1 aromatic carbocycles. The fraction of sp³-hybridized carbons (Fsp3) is 0.250. The van der Waals surface area contributed by atoms with Crippen LogP contribution in [0.25, 0.3) is 0 Å². The first-order valence-corrected chi connectivity index (χ1v) is 18.5. The van der Waals surface area contributed by atoms with Gasteiger partial charge < -0.3 is 17.2 Å². The molecule has 0 atom stereocenters. The van der Waals surface area contributed by atoms with Crippen molar-refractivity contribution in [3.05, 3.63) is 70.2 Å². The quantitative estimate of drug-likeness (QED) is 0.114. The molecule has 0 fully saturated rings. The molecule has 0 amide bonds. The van der Waals surface area contributed by atoms with Crippen LogP contribution in [-0.2, 0) is 17.3 Å². The van der Waals surface area contributed by atoms with Gasteiger partial charge in [-0.1, -0.05) is 32.4 Å². The van der Waals surface area contributed by atoms with Gasteiger partial charge in [0.25, 0.3) is 0 Å². The van der Waals surface area contributed by atoms with Crippen LogP contribution in [0.2, 0.25) is 0 Å². The number of nitrogens with two attached hydrogens (primary N) is 3. The number of hydrogen-bond donors (Lipinski definition) is 3. The van der Waals surface area contributed by atoms with Crippen molar-refractivity contribution in [2.45, 2.75) is 53.5 Å². The predicted molar refractivity (Wildman–Crippen MR) is 171 cm³/mol. The smallest absolute Gasteiger partial charge is 0.200 e. The first kappa shape index (κ1) is 29.9. The maximum atomic E-state index is 5.83. The molecule has 4 aromatic rings. The number of nitrogen functional groups attached to an aromatic ring is 3. The normalized spacial score (nSPS) is 11.2. The van der Waals surface area contributed by atoms with Gasteiger partial charge in [-0.3, -0.25) is 0 Å². The lowest BCUT2D eigenvalue weighted by atomic mass is 9.90. The summed E-state index contributed by atoms with van der Waals surface area (Å²) < 4.78 is 0. The zero-order valence-corrected chi connectivity index (χ0v) is 26.3. The van der Waals surface area contributed by atoms with Gasteiger partial charge in [-0.15, -0.1) is 0 Å². The molecule has 0 aliphatic heterocycles. The predicted octanol–water partition coefficient (Wildman–Crippen LogP) is 6.55. The second-order valence-electron chi connectivity index (χ2n) is 8.14. The third-order valence-electron chi connectivity index (χ3n) is 5.69. The summed E-state index contributed by atoms with van der Waals surface area (Å²) in [5.41, 5.74) is 25.3. The van der Waals surface area contributed by atoms with Gasteiger partial charge in [-0.2, -0.15) is 0 Å². The van der Waals surface area contributed by atoms with E-state index in [-0.39, 0.29) is 0 Å². The van der Waals surface area contributed by atoms with Gasteiger partial charge in [0.2, 0.25) is 0 Å². The number of aromatic nitrogens is 6. The third kappa shape index (κ3) is 8.47. The fourth-order valence-corrected chi connectivity index (χ4v) is 9.79. The lowest BCUT2D eigenvalue weighted by Gasteiger charge is -2.22. The van der Waals surface area contributed by atoms with E-state index in [1.807, 2.05) is 0 Å². The van der Waals surface area contributed by atoms with Crippen molar-refractivity contribution in [1.29, 1.82) is 0 Å².